The summed E-state index contributed by atoms with van der Waals surface area (Å²) in [6.07, 6.45) is -3.15. The smallest absolute Gasteiger partial charge is 0.306 e. The van der Waals surface area contributed by atoms with E-state index >= 15 is 0 Å². The van der Waals surface area contributed by atoms with Crippen molar-refractivity contribution in [3.63, 3.8) is 0 Å². The van der Waals surface area contributed by atoms with Crippen molar-refractivity contribution >= 4 is 12.4 Å². The summed E-state index contributed by atoms with van der Waals surface area (Å²) >= 11 is 0. The van der Waals surface area contributed by atoms with Crippen molar-refractivity contribution in [3.05, 3.63) is 0 Å². The second-order valence-electron chi connectivity index (χ2n) is 2.19. The van der Waals surface area contributed by atoms with Crippen LogP contribution in [-0.4, -0.2) is 18.8 Å². The van der Waals surface area contributed by atoms with Gasteiger partial charge in [0.25, 0.3) is 0 Å². The highest BCUT2D eigenvalue weighted by atomic mass is 35.5. The largest absolute Gasteiger partial charge is 0.403 e. The first kappa shape index (κ1) is 10.0. The maximum atomic E-state index is 11.7. The van der Waals surface area contributed by atoms with Crippen LogP contribution in [0.1, 0.15) is 12.8 Å². The highest BCUT2D eigenvalue weighted by Gasteiger charge is 2.40. The van der Waals surface area contributed by atoms with E-state index < -0.39 is 12.2 Å². The Morgan fingerprint density at radius 2 is 1.90 bits per heavy atom. The zero-order valence-corrected chi connectivity index (χ0v) is 6.06. The molecule has 0 radical (unpaired) electrons. The lowest BCUT2D eigenvalue weighted by Gasteiger charge is -2.13. The van der Waals surface area contributed by atoms with Crippen LogP contribution >= 0.6 is 12.4 Å². The standard InChI is InChI=1S/C5H8F3N.ClH/c6-5(7,8)4-2-1-3-9-4;/h4,9H,1-3H2;1H/t4-;/m1./s1. The van der Waals surface area contributed by atoms with Crippen molar-refractivity contribution in [2.75, 3.05) is 6.54 Å². The second kappa shape index (κ2) is 3.44. The maximum absolute atomic E-state index is 11.7. The zero-order chi connectivity index (χ0) is 6.91. The zero-order valence-electron chi connectivity index (χ0n) is 5.24. The molecular formula is C5H9ClF3N. The summed E-state index contributed by atoms with van der Waals surface area (Å²) in [5.74, 6) is 0. The van der Waals surface area contributed by atoms with Crippen molar-refractivity contribution in [2.45, 2.75) is 25.1 Å². The molecule has 0 saturated carbocycles. The lowest BCUT2D eigenvalue weighted by atomic mass is 10.2. The molecule has 0 amide bonds. The van der Waals surface area contributed by atoms with Crippen LogP contribution in [0.5, 0.6) is 0 Å². The van der Waals surface area contributed by atoms with Crippen molar-refractivity contribution in [2.24, 2.45) is 0 Å². The third-order valence-electron chi connectivity index (χ3n) is 1.46. The molecule has 0 unspecified atom stereocenters. The van der Waals surface area contributed by atoms with Crippen LogP contribution in [0.3, 0.4) is 0 Å². The monoisotopic (exact) mass is 175 g/mol. The van der Waals surface area contributed by atoms with E-state index in [0.29, 0.717) is 13.0 Å². The summed E-state index contributed by atoms with van der Waals surface area (Å²) < 4.78 is 35.1. The molecule has 0 bridgehead atoms. The third-order valence-corrected chi connectivity index (χ3v) is 1.46. The van der Waals surface area contributed by atoms with Gasteiger partial charge in [-0.05, 0) is 19.4 Å². The van der Waals surface area contributed by atoms with Gasteiger partial charge in [0.2, 0.25) is 0 Å². The third kappa shape index (κ3) is 2.34. The lowest BCUT2D eigenvalue weighted by molar-refractivity contribution is -0.151. The first-order valence-electron chi connectivity index (χ1n) is 2.91. The molecule has 1 aliphatic rings. The summed E-state index contributed by atoms with van der Waals surface area (Å²) in [6.45, 7) is 0.504. The van der Waals surface area contributed by atoms with Gasteiger partial charge in [0, 0.05) is 0 Å². The Morgan fingerprint density at radius 1 is 1.30 bits per heavy atom. The van der Waals surface area contributed by atoms with Crippen LogP contribution < -0.4 is 5.32 Å². The summed E-state index contributed by atoms with van der Waals surface area (Å²) in [7, 11) is 0. The van der Waals surface area contributed by atoms with Crippen LogP contribution in [0.25, 0.3) is 0 Å². The summed E-state index contributed by atoms with van der Waals surface area (Å²) in [4.78, 5) is 0. The molecule has 1 nitrogen and oxygen atoms in total. The molecule has 0 aromatic rings. The molecule has 1 N–H and O–H groups in total. The number of nitrogens with one attached hydrogen (secondary N) is 1. The van der Waals surface area contributed by atoms with E-state index in [1.165, 1.54) is 0 Å². The molecule has 62 valence electrons. The fourth-order valence-electron chi connectivity index (χ4n) is 0.964. The average molecular weight is 176 g/mol. The summed E-state index contributed by atoms with van der Waals surface area (Å²) in [6, 6.07) is -1.24. The van der Waals surface area contributed by atoms with Crippen LogP contribution in [0.4, 0.5) is 13.2 Å². The number of hydrogen-bond donors (Lipinski definition) is 1. The maximum Gasteiger partial charge on any atom is 0.403 e. The van der Waals surface area contributed by atoms with Crippen molar-refractivity contribution < 1.29 is 13.2 Å². The van der Waals surface area contributed by atoms with Gasteiger partial charge in [0.05, 0.1) is 0 Å². The lowest BCUT2D eigenvalue weighted by Crippen LogP contribution is -2.36. The molecule has 0 spiro atoms. The van der Waals surface area contributed by atoms with E-state index in [4.69, 9.17) is 0 Å². The van der Waals surface area contributed by atoms with Gasteiger partial charge < -0.3 is 5.32 Å². The fourth-order valence-corrected chi connectivity index (χ4v) is 0.964. The van der Waals surface area contributed by atoms with Gasteiger partial charge in [-0.3, -0.25) is 0 Å². The van der Waals surface area contributed by atoms with E-state index in [9.17, 15) is 13.2 Å². The molecular weight excluding hydrogens is 167 g/mol. The Balaban J connectivity index is 0.000000810. The molecule has 0 aromatic carbocycles. The Hall–Kier alpha value is 0.0400. The van der Waals surface area contributed by atoms with Gasteiger partial charge in [0.15, 0.2) is 0 Å². The molecule has 0 aromatic heterocycles. The van der Waals surface area contributed by atoms with Gasteiger partial charge in [0.1, 0.15) is 6.04 Å². The van der Waals surface area contributed by atoms with Crippen molar-refractivity contribution in [3.8, 4) is 0 Å². The molecule has 1 saturated heterocycles. The Morgan fingerprint density at radius 3 is 2.10 bits per heavy atom. The molecule has 1 rings (SSSR count). The predicted octanol–water partition coefficient (Wildman–Crippen LogP) is 1.72. The number of hydrogen-bond acceptors (Lipinski definition) is 1. The molecule has 1 atom stereocenters. The highest BCUT2D eigenvalue weighted by molar-refractivity contribution is 5.85. The minimum Gasteiger partial charge on any atom is -0.306 e. The first-order valence-corrected chi connectivity index (χ1v) is 2.91. The van der Waals surface area contributed by atoms with Crippen LogP contribution in [0, 0.1) is 0 Å². The molecule has 1 fully saturated rings. The normalized spacial score (nSPS) is 26.1. The molecule has 1 heterocycles. The number of halogens is 4. The molecule has 0 aliphatic carbocycles. The molecule has 1 aliphatic heterocycles. The fraction of sp³-hybridized carbons (Fsp3) is 1.00. The molecule has 5 heteroatoms. The van der Waals surface area contributed by atoms with Gasteiger partial charge in [-0.1, -0.05) is 0 Å². The van der Waals surface area contributed by atoms with E-state index in [2.05, 4.69) is 5.32 Å². The van der Waals surface area contributed by atoms with Gasteiger partial charge in [-0.25, -0.2) is 0 Å². The average Bonchev–Trinajstić information content (AvgIpc) is 2.08. The van der Waals surface area contributed by atoms with Crippen molar-refractivity contribution in [1.29, 1.82) is 0 Å². The van der Waals surface area contributed by atoms with Crippen LogP contribution in [-0.2, 0) is 0 Å². The number of rotatable bonds is 0. The summed E-state index contributed by atoms with van der Waals surface area (Å²) in [5, 5.41) is 2.37. The number of alkyl halides is 3. The minimum absolute atomic E-state index is 0. The van der Waals surface area contributed by atoms with Crippen LogP contribution in [0.2, 0.25) is 0 Å². The SMILES string of the molecule is Cl.FC(F)(F)[C@H]1CCCN1. The van der Waals surface area contributed by atoms with Crippen LogP contribution in [0.15, 0.2) is 0 Å². The first-order chi connectivity index (χ1) is 4.11. The second-order valence-corrected chi connectivity index (χ2v) is 2.19. The summed E-state index contributed by atoms with van der Waals surface area (Å²) in [5.41, 5.74) is 0. The Kier molecular flexibility index (Phi) is 3.45. The minimum atomic E-state index is -4.03. The van der Waals surface area contributed by atoms with E-state index in [1.54, 1.807) is 0 Å². The Bertz CT molecular complexity index is 97.6. The van der Waals surface area contributed by atoms with Gasteiger partial charge >= 0.3 is 6.18 Å². The Labute approximate surface area is 63.4 Å². The van der Waals surface area contributed by atoms with Crippen molar-refractivity contribution in [1.82, 2.24) is 5.32 Å². The highest BCUT2D eigenvalue weighted by Crippen LogP contribution is 2.25. The topological polar surface area (TPSA) is 12.0 Å². The predicted molar refractivity (Wildman–Crippen MR) is 34.3 cm³/mol. The van der Waals surface area contributed by atoms with E-state index in [-0.39, 0.29) is 18.8 Å². The quantitative estimate of drug-likeness (QED) is 0.591. The molecule has 10 heavy (non-hydrogen) atoms. The van der Waals surface area contributed by atoms with Gasteiger partial charge in [-0.15, -0.1) is 12.4 Å². The van der Waals surface area contributed by atoms with E-state index in [1.807, 2.05) is 0 Å². The van der Waals surface area contributed by atoms with E-state index in [0.717, 1.165) is 0 Å². The van der Waals surface area contributed by atoms with Gasteiger partial charge in [-0.2, -0.15) is 13.2 Å².